The summed E-state index contributed by atoms with van der Waals surface area (Å²) in [7, 11) is 1.23. The van der Waals surface area contributed by atoms with Crippen molar-refractivity contribution in [2.75, 3.05) is 13.9 Å². The number of nitrogens with one attached hydrogen (secondary N) is 1. The topological polar surface area (TPSA) is 117 Å². The molecular formula is C25H19ClN2O8. The number of fused-ring (bicyclic) bond motifs is 1. The number of rotatable bonds is 7. The summed E-state index contributed by atoms with van der Waals surface area (Å²) in [5.41, 5.74) is 1.55. The van der Waals surface area contributed by atoms with E-state index >= 15 is 0 Å². The van der Waals surface area contributed by atoms with Crippen LogP contribution in [0.2, 0.25) is 5.02 Å². The Balaban J connectivity index is 1.24. The zero-order valence-electron chi connectivity index (χ0n) is 18.9. The third-order valence-electron chi connectivity index (χ3n) is 5.42. The Bertz CT molecular complexity index is 1400. The summed E-state index contributed by atoms with van der Waals surface area (Å²) >= 11 is 6.38. The van der Waals surface area contributed by atoms with Crippen molar-refractivity contribution < 1.29 is 37.7 Å². The van der Waals surface area contributed by atoms with E-state index in [1.54, 1.807) is 18.2 Å². The number of hydrogen-bond acceptors (Lipinski definition) is 8. The maximum Gasteiger partial charge on any atom is 0.373 e. The molecule has 1 N–H and O–H groups in total. The van der Waals surface area contributed by atoms with Crippen LogP contribution in [-0.2, 0) is 22.7 Å². The number of esters is 1. The Labute approximate surface area is 209 Å². The first kappa shape index (κ1) is 23.3. The van der Waals surface area contributed by atoms with Gasteiger partial charge in [0.25, 0.3) is 5.91 Å². The number of methoxy groups -OCH3 is 1. The van der Waals surface area contributed by atoms with Gasteiger partial charge in [-0.05, 0) is 53.6 Å². The predicted molar refractivity (Wildman–Crippen MR) is 125 cm³/mol. The molecule has 1 aromatic heterocycles. The van der Waals surface area contributed by atoms with E-state index in [2.05, 4.69) is 10.1 Å². The van der Waals surface area contributed by atoms with Crippen LogP contribution in [0.25, 0.3) is 6.08 Å². The van der Waals surface area contributed by atoms with Gasteiger partial charge in [0.05, 0.1) is 18.7 Å². The highest BCUT2D eigenvalue weighted by Gasteiger charge is 2.34. The molecule has 3 heterocycles. The average Bonchev–Trinajstić information content (AvgIpc) is 3.59. The Hall–Kier alpha value is -4.44. The van der Waals surface area contributed by atoms with Gasteiger partial charge in [0.2, 0.25) is 12.6 Å². The minimum atomic E-state index is -0.653. The Kier molecular flexibility index (Phi) is 6.26. The molecule has 3 aromatic rings. The van der Waals surface area contributed by atoms with Crippen molar-refractivity contribution in [3.8, 4) is 17.2 Å². The molecule has 2 aromatic carbocycles. The number of carbonyl (C=O) groups excluding carboxylic acids is 3. The number of amides is 3. The molecular weight excluding hydrogens is 492 g/mol. The molecule has 184 valence electrons. The molecule has 0 aliphatic carbocycles. The lowest BCUT2D eigenvalue weighted by atomic mass is 10.1. The van der Waals surface area contributed by atoms with Gasteiger partial charge in [-0.2, -0.15) is 0 Å². The average molecular weight is 511 g/mol. The summed E-state index contributed by atoms with van der Waals surface area (Å²) in [6.07, 6.45) is 1.51. The maximum absolute atomic E-state index is 12.8. The summed E-state index contributed by atoms with van der Waals surface area (Å²) in [5, 5.41) is 2.87. The summed E-state index contributed by atoms with van der Waals surface area (Å²) in [6.45, 7) is 0.319. The Morgan fingerprint density at radius 2 is 1.94 bits per heavy atom. The lowest BCUT2D eigenvalue weighted by Gasteiger charge is -2.10. The molecule has 0 bridgehead atoms. The monoisotopic (exact) mass is 510 g/mol. The quantitative estimate of drug-likeness (QED) is 0.286. The first-order valence-corrected chi connectivity index (χ1v) is 11.1. The van der Waals surface area contributed by atoms with Gasteiger partial charge in [-0.15, -0.1) is 0 Å². The van der Waals surface area contributed by atoms with Crippen molar-refractivity contribution in [2.45, 2.75) is 13.2 Å². The number of nitrogens with zero attached hydrogens (tertiary/aromatic N) is 1. The molecule has 0 spiro atoms. The number of halogens is 1. The molecule has 0 atom stereocenters. The Morgan fingerprint density at radius 1 is 1.11 bits per heavy atom. The molecule has 0 radical (unpaired) electrons. The van der Waals surface area contributed by atoms with Crippen LogP contribution in [0.4, 0.5) is 4.79 Å². The van der Waals surface area contributed by atoms with E-state index in [9.17, 15) is 14.4 Å². The first-order valence-electron chi connectivity index (χ1n) is 10.7. The van der Waals surface area contributed by atoms with Crippen LogP contribution in [-0.4, -0.2) is 36.7 Å². The predicted octanol–water partition coefficient (Wildman–Crippen LogP) is 4.12. The van der Waals surface area contributed by atoms with Crippen LogP contribution in [0.1, 0.15) is 27.4 Å². The zero-order valence-corrected chi connectivity index (χ0v) is 19.7. The van der Waals surface area contributed by atoms with Crippen molar-refractivity contribution in [3.05, 3.63) is 81.9 Å². The second-order valence-corrected chi connectivity index (χ2v) is 8.21. The molecule has 11 heteroatoms. The number of carbonyl (C=O) groups is 3. The van der Waals surface area contributed by atoms with Gasteiger partial charge < -0.3 is 28.7 Å². The van der Waals surface area contributed by atoms with E-state index in [0.29, 0.717) is 27.8 Å². The van der Waals surface area contributed by atoms with Gasteiger partial charge in [0.15, 0.2) is 11.5 Å². The first-order chi connectivity index (χ1) is 17.4. The maximum atomic E-state index is 12.8. The van der Waals surface area contributed by atoms with Crippen molar-refractivity contribution in [2.24, 2.45) is 0 Å². The van der Waals surface area contributed by atoms with Crippen molar-refractivity contribution in [1.82, 2.24) is 10.2 Å². The number of benzene rings is 2. The number of furan rings is 1. The second-order valence-electron chi connectivity index (χ2n) is 7.80. The summed E-state index contributed by atoms with van der Waals surface area (Å²) in [4.78, 5) is 37.6. The fourth-order valence-electron chi connectivity index (χ4n) is 3.63. The molecule has 0 unspecified atom stereocenters. The molecule has 36 heavy (non-hydrogen) atoms. The van der Waals surface area contributed by atoms with Gasteiger partial charge in [-0.3, -0.25) is 9.69 Å². The van der Waals surface area contributed by atoms with Gasteiger partial charge in [0.1, 0.15) is 23.8 Å². The van der Waals surface area contributed by atoms with Gasteiger partial charge >= 0.3 is 12.0 Å². The highest BCUT2D eigenvalue weighted by Crippen LogP contribution is 2.33. The number of urea groups is 1. The van der Waals surface area contributed by atoms with Gasteiger partial charge in [-0.1, -0.05) is 23.7 Å². The highest BCUT2D eigenvalue weighted by molar-refractivity contribution is 6.32. The normalized spacial score (nSPS) is 15.4. The Morgan fingerprint density at radius 3 is 2.75 bits per heavy atom. The minimum absolute atomic E-state index is 0.0224. The molecule has 3 amide bonds. The van der Waals surface area contributed by atoms with Crippen LogP contribution in [0.15, 0.2) is 58.6 Å². The van der Waals surface area contributed by atoms with Crippen LogP contribution in [0, 0.1) is 0 Å². The lowest BCUT2D eigenvalue weighted by Crippen LogP contribution is -2.30. The van der Waals surface area contributed by atoms with Crippen molar-refractivity contribution in [3.63, 3.8) is 0 Å². The second kappa shape index (κ2) is 9.67. The SMILES string of the molecule is COC(=O)c1ccc(CN2C(=O)N/C(=C\c3ccc(OCc4ccc5c(c4)OCO5)c(Cl)c3)C2=O)o1. The fourth-order valence-corrected chi connectivity index (χ4v) is 3.87. The summed E-state index contributed by atoms with van der Waals surface area (Å²) in [5.74, 6) is 0.848. The van der Waals surface area contributed by atoms with Crippen molar-refractivity contribution in [1.29, 1.82) is 0 Å². The minimum Gasteiger partial charge on any atom is -0.487 e. The molecule has 0 saturated carbocycles. The van der Waals surface area contributed by atoms with E-state index in [1.807, 2.05) is 18.2 Å². The standard InChI is InChI=1S/C25H19ClN2O8/c1-32-24(30)21-7-4-16(36-21)11-28-23(29)18(27-25(28)31)9-14-2-5-19(17(26)8-14)33-12-15-3-6-20-22(10-15)35-13-34-20/h2-10H,11-13H2,1H3,(H,27,31)/b18-9-. The smallest absolute Gasteiger partial charge is 0.373 e. The number of hydrogen-bond donors (Lipinski definition) is 1. The summed E-state index contributed by atoms with van der Waals surface area (Å²) in [6, 6.07) is 12.8. The molecule has 2 aliphatic heterocycles. The third-order valence-corrected chi connectivity index (χ3v) is 5.72. The summed E-state index contributed by atoms with van der Waals surface area (Å²) < 4.78 is 26.4. The van der Waals surface area contributed by atoms with Crippen LogP contribution in [0.5, 0.6) is 17.2 Å². The molecule has 2 aliphatic rings. The molecule has 5 rings (SSSR count). The number of imide groups is 1. The van der Waals surface area contributed by atoms with Crippen LogP contribution >= 0.6 is 11.6 Å². The lowest BCUT2D eigenvalue weighted by molar-refractivity contribution is -0.123. The van der Waals surface area contributed by atoms with E-state index in [-0.39, 0.29) is 37.2 Å². The van der Waals surface area contributed by atoms with Crippen LogP contribution in [0.3, 0.4) is 0 Å². The third kappa shape index (κ3) is 4.71. The highest BCUT2D eigenvalue weighted by atomic mass is 35.5. The molecule has 1 saturated heterocycles. The van der Waals surface area contributed by atoms with E-state index in [4.69, 9.17) is 30.2 Å². The molecule has 1 fully saturated rings. The van der Waals surface area contributed by atoms with Crippen LogP contribution < -0.4 is 19.5 Å². The molecule has 10 nitrogen and oxygen atoms in total. The van der Waals surface area contributed by atoms with E-state index in [0.717, 1.165) is 10.5 Å². The van der Waals surface area contributed by atoms with E-state index < -0.39 is 17.9 Å². The van der Waals surface area contributed by atoms with Gasteiger partial charge in [-0.25, -0.2) is 9.59 Å². The van der Waals surface area contributed by atoms with E-state index in [1.165, 1.54) is 25.3 Å². The van der Waals surface area contributed by atoms with Gasteiger partial charge in [0, 0.05) is 0 Å². The zero-order chi connectivity index (χ0) is 25.2. The fraction of sp³-hybridized carbons (Fsp3) is 0.160. The van der Waals surface area contributed by atoms with Crippen molar-refractivity contribution >= 4 is 35.6 Å². The number of ether oxygens (including phenoxy) is 4. The largest absolute Gasteiger partial charge is 0.487 e.